The average Bonchev–Trinajstić information content (AvgIpc) is 2.80. The molecule has 0 aliphatic carbocycles. The molecule has 0 radical (unpaired) electrons. The van der Waals surface area contributed by atoms with Gasteiger partial charge in [0, 0.05) is 18.6 Å². The maximum Gasteiger partial charge on any atom is 0.323 e. The van der Waals surface area contributed by atoms with Crippen LogP contribution in [0, 0.1) is 6.92 Å². The maximum absolute atomic E-state index is 12.1. The third-order valence-corrected chi connectivity index (χ3v) is 3.60. The first-order valence-corrected chi connectivity index (χ1v) is 7.04. The summed E-state index contributed by atoms with van der Waals surface area (Å²) in [6.45, 7) is 1.94. The zero-order chi connectivity index (χ0) is 15.7. The van der Waals surface area contributed by atoms with Crippen molar-refractivity contribution in [3.8, 4) is 0 Å². The van der Waals surface area contributed by atoms with Crippen LogP contribution in [0.2, 0.25) is 5.15 Å². The lowest BCUT2D eigenvalue weighted by Crippen LogP contribution is -2.20. The molecule has 0 spiro atoms. The summed E-state index contributed by atoms with van der Waals surface area (Å²) >= 11 is 5.91. The van der Waals surface area contributed by atoms with E-state index < -0.39 is 6.03 Å². The van der Waals surface area contributed by atoms with Crippen LogP contribution in [0.5, 0.6) is 0 Å². The molecule has 0 unspecified atom stereocenters. The number of rotatable bonds is 2. The van der Waals surface area contributed by atoms with Gasteiger partial charge in [-0.1, -0.05) is 29.8 Å². The zero-order valence-electron chi connectivity index (χ0n) is 12.1. The number of para-hydroxylation sites is 1. The number of pyridine rings is 1. The molecule has 6 nitrogen and oxygen atoms in total. The largest absolute Gasteiger partial charge is 0.323 e. The Bertz CT molecular complexity index is 858. The summed E-state index contributed by atoms with van der Waals surface area (Å²) in [6.07, 6.45) is 3.27. The fraction of sp³-hybridized carbons (Fsp3) is 0.133. The molecule has 2 N–H and O–H groups in total. The molecule has 1 aromatic carbocycles. The highest BCUT2D eigenvalue weighted by molar-refractivity contribution is 6.32. The first-order valence-electron chi connectivity index (χ1n) is 6.66. The first-order chi connectivity index (χ1) is 10.5. The van der Waals surface area contributed by atoms with Gasteiger partial charge in [-0.2, -0.15) is 5.10 Å². The molecule has 0 bridgehead atoms. The Morgan fingerprint density at radius 1 is 1.23 bits per heavy atom. The van der Waals surface area contributed by atoms with Gasteiger partial charge < -0.3 is 10.6 Å². The van der Waals surface area contributed by atoms with Gasteiger partial charge in [0.2, 0.25) is 0 Å². The number of carbonyl (C=O) groups is 1. The van der Waals surface area contributed by atoms with Crippen molar-refractivity contribution in [2.24, 2.45) is 7.05 Å². The molecule has 2 amide bonds. The Balaban J connectivity index is 1.82. The smallest absolute Gasteiger partial charge is 0.306 e. The van der Waals surface area contributed by atoms with Crippen LogP contribution in [0.15, 0.2) is 36.7 Å². The fourth-order valence-electron chi connectivity index (χ4n) is 2.23. The SMILES string of the molecule is Cc1c(NC(=O)Nc2cn(C)nc2Cl)cnc2ccccc12. The van der Waals surface area contributed by atoms with Crippen molar-refractivity contribution in [2.45, 2.75) is 6.92 Å². The summed E-state index contributed by atoms with van der Waals surface area (Å²) in [5.74, 6) is 0. The number of carbonyl (C=O) groups excluding carboxylic acids is 1. The van der Waals surface area contributed by atoms with Crippen LogP contribution in [0.4, 0.5) is 16.2 Å². The third-order valence-electron chi connectivity index (χ3n) is 3.32. The Morgan fingerprint density at radius 2 is 1.95 bits per heavy atom. The fourth-order valence-corrected chi connectivity index (χ4v) is 2.44. The van der Waals surface area contributed by atoms with E-state index in [-0.39, 0.29) is 5.15 Å². The summed E-state index contributed by atoms with van der Waals surface area (Å²) in [5.41, 5.74) is 2.95. The molecular weight excluding hydrogens is 302 g/mol. The van der Waals surface area contributed by atoms with Gasteiger partial charge in [0.25, 0.3) is 0 Å². The highest BCUT2D eigenvalue weighted by Crippen LogP contribution is 2.24. The van der Waals surface area contributed by atoms with Crippen LogP contribution < -0.4 is 10.6 Å². The average molecular weight is 316 g/mol. The van der Waals surface area contributed by atoms with Crippen molar-refractivity contribution >= 4 is 39.9 Å². The zero-order valence-corrected chi connectivity index (χ0v) is 12.8. The third kappa shape index (κ3) is 2.73. The number of urea groups is 1. The number of benzene rings is 1. The van der Waals surface area contributed by atoms with Crippen LogP contribution >= 0.6 is 11.6 Å². The lowest BCUT2D eigenvalue weighted by Gasteiger charge is -2.10. The molecular formula is C15H14ClN5O. The van der Waals surface area contributed by atoms with Crippen molar-refractivity contribution in [3.05, 3.63) is 47.4 Å². The van der Waals surface area contributed by atoms with Crippen LogP contribution in [-0.4, -0.2) is 20.8 Å². The summed E-state index contributed by atoms with van der Waals surface area (Å²) in [4.78, 5) is 16.4. The second kappa shape index (κ2) is 5.65. The predicted molar refractivity (Wildman–Crippen MR) is 87.3 cm³/mol. The highest BCUT2D eigenvalue weighted by atomic mass is 35.5. The van der Waals surface area contributed by atoms with Crippen LogP contribution in [0.1, 0.15) is 5.56 Å². The van der Waals surface area contributed by atoms with Gasteiger partial charge >= 0.3 is 6.03 Å². The lowest BCUT2D eigenvalue weighted by molar-refractivity contribution is 0.262. The standard InChI is InChI=1S/C15H14ClN5O/c1-9-10-5-3-4-6-11(10)17-7-12(9)18-15(22)19-13-8-21(2)20-14(13)16/h3-8H,1-2H3,(H2,18,19,22). The Labute approximate surface area is 132 Å². The Hall–Kier alpha value is -2.60. The number of nitrogens with zero attached hydrogens (tertiary/aromatic N) is 3. The summed E-state index contributed by atoms with van der Waals surface area (Å²) < 4.78 is 1.53. The molecule has 2 aromatic heterocycles. The molecule has 112 valence electrons. The molecule has 2 heterocycles. The van der Waals surface area contributed by atoms with Gasteiger partial charge in [0.1, 0.15) is 5.69 Å². The van der Waals surface area contributed by atoms with E-state index in [0.717, 1.165) is 16.5 Å². The molecule has 0 saturated heterocycles. The molecule has 0 aliphatic heterocycles. The van der Waals surface area contributed by atoms with Crippen molar-refractivity contribution in [1.82, 2.24) is 14.8 Å². The molecule has 3 rings (SSSR count). The van der Waals surface area contributed by atoms with Gasteiger partial charge in [-0.15, -0.1) is 0 Å². The Morgan fingerprint density at radius 3 is 2.68 bits per heavy atom. The summed E-state index contributed by atoms with van der Waals surface area (Å²) in [5, 5.41) is 10.6. The Kier molecular flexibility index (Phi) is 3.68. The number of aryl methyl sites for hydroxylation is 2. The van der Waals surface area contributed by atoms with Crippen LogP contribution in [-0.2, 0) is 7.05 Å². The lowest BCUT2D eigenvalue weighted by atomic mass is 10.1. The van der Waals surface area contributed by atoms with E-state index in [4.69, 9.17) is 11.6 Å². The summed E-state index contributed by atoms with van der Waals surface area (Å²) in [7, 11) is 1.73. The number of nitrogens with one attached hydrogen (secondary N) is 2. The van der Waals surface area contributed by atoms with Crippen molar-refractivity contribution < 1.29 is 4.79 Å². The van der Waals surface area contributed by atoms with E-state index in [9.17, 15) is 4.79 Å². The van der Waals surface area contributed by atoms with Crippen molar-refractivity contribution in [1.29, 1.82) is 0 Å². The second-order valence-electron chi connectivity index (χ2n) is 4.90. The number of hydrogen-bond donors (Lipinski definition) is 2. The molecule has 0 fully saturated rings. The number of amides is 2. The minimum atomic E-state index is -0.393. The molecule has 0 aliphatic rings. The molecule has 0 atom stereocenters. The minimum absolute atomic E-state index is 0.242. The van der Waals surface area contributed by atoms with Gasteiger partial charge in [-0.05, 0) is 18.6 Å². The van der Waals surface area contributed by atoms with Gasteiger partial charge in [-0.3, -0.25) is 9.67 Å². The van der Waals surface area contributed by atoms with E-state index in [1.54, 1.807) is 19.4 Å². The maximum atomic E-state index is 12.1. The molecule has 22 heavy (non-hydrogen) atoms. The normalized spacial score (nSPS) is 10.7. The molecule has 3 aromatic rings. The first kappa shape index (κ1) is 14.3. The van der Waals surface area contributed by atoms with Gasteiger partial charge in [0.05, 0.1) is 17.4 Å². The number of anilines is 2. The van der Waals surface area contributed by atoms with Gasteiger partial charge in [0.15, 0.2) is 5.15 Å². The van der Waals surface area contributed by atoms with E-state index in [2.05, 4.69) is 20.7 Å². The summed E-state index contributed by atoms with van der Waals surface area (Å²) in [6, 6.07) is 7.38. The second-order valence-corrected chi connectivity index (χ2v) is 5.26. The van der Waals surface area contributed by atoms with Crippen molar-refractivity contribution in [3.63, 3.8) is 0 Å². The monoisotopic (exact) mass is 315 g/mol. The van der Waals surface area contributed by atoms with Crippen molar-refractivity contribution in [2.75, 3.05) is 10.6 Å². The van der Waals surface area contributed by atoms with Crippen LogP contribution in [0.3, 0.4) is 0 Å². The number of hydrogen-bond acceptors (Lipinski definition) is 3. The molecule has 7 heteroatoms. The predicted octanol–water partition coefficient (Wildman–Crippen LogP) is 3.57. The van der Waals surface area contributed by atoms with E-state index in [1.807, 2.05) is 31.2 Å². The quantitative estimate of drug-likeness (QED) is 0.759. The topological polar surface area (TPSA) is 71.8 Å². The van der Waals surface area contributed by atoms with Crippen LogP contribution in [0.25, 0.3) is 10.9 Å². The minimum Gasteiger partial charge on any atom is -0.306 e. The number of fused-ring (bicyclic) bond motifs is 1. The van der Waals surface area contributed by atoms with E-state index in [1.165, 1.54) is 4.68 Å². The van der Waals surface area contributed by atoms with E-state index >= 15 is 0 Å². The number of halogens is 1. The number of aromatic nitrogens is 3. The highest BCUT2D eigenvalue weighted by Gasteiger charge is 2.11. The van der Waals surface area contributed by atoms with Gasteiger partial charge in [-0.25, -0.2) is 4.79 Å². The van der Waals surface area contributed by atoms with E-state index in [0.29, 0.717) is 11.4 Å². The molecule has 0 saturated carbocycles.